The third kappa shape index (κ3) is 82.2. The van der Waals surface area contributed by atoms with Crippen LogP contribution in [0.2, 0.25) is 0 Å². The van der Waals surface area contributed by atoms with Gasteiger partial charge in [-0.3, -0.25) is 0 Å². The molecule has 0 aliphatic heterocycles. The molecule has 0 aliphatic carbocycles. The van der Waals surface area contributed by atoms with Crippen molar-refractivity contribution in [3.05, 3.63) is 20.1 Å². The summed E-state index contributed by atoms with van der Waals surface area (Å²) in [5.41, 5.74) is 0. The molecule has 0 spiro atoms. The van der Waals surface area contributed by atoms with Crippen LogP contribution in [0.4, 0.5) is 4.79 Å². The summed E-state index contributed by atoms with van der Waals surface area (Å²) in [5.74, 6) is 0. The second kappa shape index (κ2) is 16.7. The summed E-state index contributed by atoms with van der Waals surface area (Å²) in [5, 5.41) is 13.9. The fourth-order valence-electron chi connectivity index (χ4n) is 0. The van der Waals surface area contributed by atoms with E-state index in [9.17, 15) is 0 Å². The second-order valence-corrected chi connectivity index (χ2v) is 0.691. The van der Waals surface area contributed by atoms with Crippen molar-refractivity contribution >= 4 is 6.16 Å². The summed E-state index contributed by atoms with van der Waals surface area (Å²) in [6, 6.07) is 0. The molecule has 46 valence electrons. The van der Waals surface area contributed by atoms with Crippen molar-refractivity contribution in [1.82, 2.24) is 0 Å². The molecule has 0 rings (SSSR count). The summed E-state index contributed by atoms with van der Waals surface area (Å²) in [7, 11) is 0. The maximum absolute atomic E-state index is 8.56. The zero-order chi connectivity index (χ0) is 6.28. The third-order valence-electron chi connectivity index (χ3n) is 0. The Morgan fingerprint density at radius 1 is 1.62 bits per heavy atom. The van der Waals surface area contributed by atoms with E-state index in [2.05, 4.69) is 6.58 Å². The molecular formula is C5H8O3. The van der Waals surface area contributed by atoms with Crippen LogP contribution in [0.15, 0.2) is 12.7 Å². The number of hydrogen-bond acceptors (Lipinski definition) is 1. The lowest BCUT2D eigenvalue weighted by molar-refractivity contribution is 0.137. The van der Waals surface area contributed by atoms with Crippen LogP contribution in [0.3, 0.4) is 0 Å². The van der Waals surface area contributed by atoms with E-state index in [1.54, 1.807) is 6.08 Å². The van der Waals surface area contributed by atoms with Crippen molar-refractivity contribution in [2.24, 2.45) is 0 Å². The van der Waals surface area contributed by atoms with Crippen LogP contribution < -0.4 is 0 Å². The summed E-state index contributed by atoms with van der Waals surface area (Å²) in [4.78, 5) is 8.56. The molecule has 0 atom stereocenters. The molecule has 8 heavy (non-hydrogen) atoms. The fourth-order valence-corrected chi connectivity index (χ4v) is 0. The molecule has 0 aromatic rings. The summed E-state index contributed by atoms with van der Waals surface area (Å²) in [6.45, 7) is 5.25. The molecule has 0 unspecified atom stereocenters. The van der Waals surface area contributed by atoms with Gasteiger partial charge in [0.25, 0.3) is 0 Å². The van der Waals surface area contributed by atoms with Gasteiger partial charge >= 0.3 is 6.16 Å². The Balaban J connectivity index is -0.0000000575. The predicted octanol–water partition coefficient (Wildman–Crippen LogP) is 1.50. The van der Waals surface area contributed by atoms with Crippen molar-refractivity contribution in [2.75, 3.05) is 0 Å². The van der Waals surface area contributed by atoms with Crippen molar-refractivity contribution in [3.63, 3.8) is 0 Å². The average Bonchev–Trinajstić information content (AvgIpc) is 1.33. The molecule has 0 aromatic carbocycles. The second-order valence-electron chi connectivity index (χ2n) is 0.691. The van der Waals surface area contributed by atoms with E-state index in [0.717, 1.165) is 0 Å². The van der Waals surface area contributed by atoms with E-state index in [1.165, 1.54) is 0 Å². The molecular weight excluding hydrogens is 108 g/mol. The summed E-state index contributed by atoms with van der Waals surface area (Å²) < 4.78 is 0. The zero-order valence-electron chi connectivity index (χ0n) is 4.59. The zero-order valence-corrected chi connectivity index (χ0v) is 4.59. The van der Waals surface area contributed by atoms with Crippen molar-refractivity contribution in [3.8, 4) is 0 Å². The quantitative estimate of drug-likeness (QED) is 0.471. The standard InChI is InChI=1S/C3H6.CH2O3.C/c1-3-2;2-1(3)4;/h3H,1H2,2H3;(H2,2,3,4);. The molecule has 2 N–H and O–H groups in total. The van der Waals surface area contributed by atoms with Gasteiger partial charge in [-0.25, -0.2) is 4.79 Å². The van der Waals surface area contributed by atoms with Crippen LogP contribution in [-0.2, 0) is 0 Å². The molecule has 0 heterocycles. The maximum Gasteiger partial charge on any atom is 0.503 e. The molecule has 0 saturated carbocycles. The number of allylic oxidation sites excluding steroid dienone is 1. The van der Waals surface area contributed by atoms with Gasteiger partial charge in [-0.15, -0.1) is 6.58 Å². The Labute approximate surface area is 49.3 Å². The van der Waals surface area contributed by atoms with Gasteiger partial charge in [-0.05, 0) is 6.92 Å². The van der Waals surface area contributed by atoms with Gasteiger partial charge in [-0.2, -0.15) is 0 Å². The molecule has 3 heteroatoms. The molecule has 3 nitrogen and oxygen atoms in total. The van der Waals surface area contributed by atoms with E-state index in [1.807, 2.05) is 6.92 Å². The Bertz CT molecular complexity index is 54.7. The van der Waals surface area contributed by atoms with Gasteiger partial charge in [0.1, 0.15) is 0 Å². The monoisotopic (exact) mass is 116 g/mol. The van der Waals surface area contributed by atoms with Gasteiger partial charge in [0, 0.05) is 7.43 Å². The lowest BCUT2D eigenvalue weighted by Crippen LogP contribution is -1.81. The van der Waals surface area contributed by atoms with Gasteiger partial charge in [0.05, 0.1) is 0 Å². The Morgan fingerprint density at radius 2 is 1.62 bits per heavy atom. The normalized spacial score (nSPS) is 4.62. The van der Waals surface area contributed by atoms with Crippen molar-refractivity contribution in [1.29, 1.82) is 0 Å². The third-order valence-corrected chi connectivity index (χ3v) is 0. The van der Waals surface area contributed by atoms with Crippen LogP contribution in [-0.4, -0.2) is 16.4 Å². The van der Waals surface area contributed by atoms with Crippen LogP contribution in [0.1, 0.15) is 6.92 Å². The minimum atomic E-state index is -1.83. The van der Waals surface area contributed by atoms with Crippen LogP contribution >= 0.6 is 0 Å². The number of carbonyl (C=O) groups is 1. The van der Waals surface area contributed by atoms with Crippen molar-refractivity contribution < 1.29 is 15.0 Å². The Morgan fingerprint density at radius 3 is 1.62 bits per heavy atom. The minimum Gasteiger partial charge on any atom is -0.450 e. The highest BCUT2D eigenvalue weighted by atomic mass is 16.6. The SMILES string of the molecule is C=CC.O=C(O)O.[C]. The van der Waals surface area contributed by atoms with E-state index in [-0.39, 0.29) is 7.43 Å². The van der Waals surface area contributed by atoms with Gasteiger partial charge in [0.15, 0.2) is 0 Å². The first-order valence-corrected chi connectivity index (χ1v) is 1.64. The van der Waals surface area contributed by atoms with E-state index < -0.39 is 6.16 Å². The predicted molar refractivity (Wildman–Crippen MR) is 29.8 cm³/mol. The van der Waals surface area contributed by atoms with E-state index in [0.29, 0.717) is 0 Å². The van der Waals surface area contributed by atoms with Crippen LogP contribution in [0, 0.1) is 7.43 Å². The van der Waals surface area contributed by atoms with Crippen LogP contribution in [0.25, 0.3) is 0 Å². The minimum absolute atomic E-state index is 0. The first-order valence-electron chi connectivity index (χ1n) is 1.64. The highest BCUT2D eigenvalue weighted by Gasteiger charge is 1.70. The van der Waals surface area contributed by atoms with E-state index in [4.69, 9.17) is 15.0 Å². The molecule has 4 radical (unpaired) electrons. The lowest BCUT2D eigenvalue weighted by Gasteiger charge is -1.60. The lowest BCUT2D eigenvalue weighted by atomic mass is 10.8. The number of hydrogen-bond donors (Lipinski definition) is 2. The van der Waals surface area contributed by atoms with Gasteiger partial charge in [0.2, 0.25) is 0 Å². The maximum atomic E-state index is 8.56. The highest BCUT2D eigenvalue weighted by Crippen LogP contribution is 1.42. The number of carboxylic acid groups (broad SMARTS) is 2. The first-order chi connectivity index (χ1) is 3.15. The molecule has 0 saturated heterocycles. The topological polar surface area (TPSA) is 57.5 Å². The molecule has 0 aliphatic rings. The van der Waals surface area contributed by atoms with E-state index >= 15 is 0 Å². The van der Waals surface area contributed by atoms with Crippen molar-refractivity contribution in [2.45, 2.75) is 6.92 Å². The smallest absolute Gasteiger partial charge is 0.450 e. The summed E-state index contributed by atoms with van der Waals surface area (Å²) in [6.07, 6.45) is -0.0833. The first kappa shape index (κ1) is 15.7. The molecule has 0 aromatic heterocycles. The Kier molecular flexibility index (Phi) is 32.8. The van der Waals surface area contributed by atoms with Gasteiger partial charge < -0.3 is 10.2 Å². The van der Waals surface area contributed by atoms with Gasteiger partial charge in [-0.1, -0.05) is 6.08 Å². The molecule has 0 amide bonds. The Hall–Kier alpha value is -0.990. The molecule has 0 bridgehead atoms. The highest BCUT2D eigenvalue weighted by molar-refractivity contribution is 5.53. The average molecular weight is 116 g/mol. The fraction of sp³-hybridized carbons (Fsp3) is 0.200. The molecule has 0 fully saturated rings. The number of rotatable bonds is 0. The largest absolute Gasteiger partial charge is 0.503 e. The summed E-state index contributed by atoms with van der Waals surface area (Å²) >= 11 is 0. The van der Waals surface area contributed by atoms with Crippen LogP contribution in [0.5, 0.6) is 0 Å².